The fraction of sp³-hybridized carbons (Fsp3) is 0.500. The number of esters is 1. The third-order valence-corrected chi connectivity index (χ3v) is 1.47. The number of nitrogens with one attached hydrogen (secondary N) is 1. The molecule has 1 aromatic rings. The van der Waals surface area contributed by atoms with Crippen LogP contribution in [0.1, 0.15) is 28.9 Å². The van der Waals surface area contributed by atoms with Crippen LogP contribution in [-0.4, -0.2) is 26.8 Å². The molecule has 0 aliphatic rings. The Kier molecular flexibility index (Phi) is 7.36. The summed E-state index contributed by atoms with van der Waals surface area (Å²) in [6.07, 6.45) is 0. The van der Waals surface area contributed by atoms with Gasteiger partial charge in [-0.05, 0) is 20.8 Å². The Morgan fingerprint density at radius 1 is 1.50 bits per heavy atom. The first-order chi connectivity index (χ1) is 7.38. The minimum Gasteiger partial charge on any atom is -0.461 e. The normalized spacial score (nSPS) is 9.62. The molecule has 0 saturated carbocycles. The summed E-state index contributed by atoms with van der Waals surface area (Å²) in [6.45, 7) is 5.75. The molecule has 0 aliphatic heterocycles. The maximum atomic E-state index is 11.2. The molecule has 5 nitrogen and oxygen atoms in total. The maximum absolute atomic E-state index is 11.2. The van der Waals surface area contributed by atoms with Crippen LogP contribution in [0.4, 0.5) is 0 Å². The van der Waals surface area contributed by atoms with Crippen LogP contribution in [0.3, 0.4) is 0 Å². The lowest BCUT2D eigenvalue weighted by Crippen LogP contribution is -2.06. The molecule has 16 heavy (non-hydrogen) atoms. The van der Waals surface area contributed by atoms with Crippen molar-refractivity contribution in [3.63, 3.8) is 0 Å². The van der Waals surface area contributed by atoms with Crippen LogP contribution in [0.15, 0.2) is 0 Å². The van der Waals surface area contributed by atoms with Gasteiger partial charge in [0.2, 0.25) is 9.23 Å². The van der Waals surface area contributed by atoms with Crippen molar-refractivity contribution < 1.29 is 13.7 Å². The van der Waals surface area contributed by atoms with Crippen molar-refractivity contribution in [1.82, 2.24) is 9.97 Å². The SMILES string of the molecule is CCOC(=O)c1nc(C)[nH]c1C.O=S(Cl)Cl. The van der Waals surface area contributed by atoms with Gasteiger partial charge in [0.1, 0.15) is 5.82 Å². The molecule has 1 aromatic heterocycles. The Bertz CT molecular complexity index is 377. The van der Waals surface area contributed by atoms with E-state index >= 15 is 0 Å². The second-order valence-corrected chi connectivity index (χ2v) is 5.22. The van der Waals surface area contributed by atoms with E-state index in [-0.39, 0.29) is 5.97 Å². The molecule has 0 unspecified atom stereocenters. The summed E-state index contributed by atoms with van der Waals surface area (Å²) < 4.78 is 13.9. The van der Waals surface area contributed by atoms with E-state index in [2.05, 4.69) is 31.3 Å². The third-order valence-electron chi connectivity index (χ3n) is 1.47. The van der Waals surface area contributed by atoms with Crippen molar-refractivity contribution in [3.05, 3.63) is 17.2 Å². The summed E-state index contributed by atoms with van der Waals surface area (Å²) in [5.41, 5.74) is 1.14. The molecule has 92 valence electrons. The lowest BCUT2D eigenvalue weighted by atomic mass is 10.3. The van der Waals surface area contributed by atoms with Crippen LogP contribution in [0, 0.1) is 13.8 Å². The number of ether oxygens (including phenoxy) is 1. The van der Waals surface area contributed by atoms with Gasteiger partial charge in [-0.3, -0.25) is 0 Å². The summed E-state index contributed by atoms with van der Waals surface area (Å²) in [6, 6.07) is 0. The van der Waals surface area contributed by atoms with Crippen LogP contribution >= 0.6 is 21.4 Å². The van der Waals surface area contributed by atoms with Gasteiger partial charge in [-0.1, -0.05) is 0 Å². The number of imidazole rings is 1. The summed E-state index contributed by atoms with van der Waals surface area (Å²) in [4.78, 5) is 18.1. The van der Waals surface area contributed by atoms with E-state index in [9.17, 15) is 4.79 Å². The van der Waals surface area contributed by atoms with Crippen LogP contribution in [0.5, 0.6) is 0 Å². The minimum atomic E-state index is -1.67. The van der Waals surface area contributed by atoms with E-state index in [1.165, 1.54) is 0 Å². The van der Waals surface area contributed by atoms with Gasteiger partial charge in [0, 0.05) is 27.1 Å². The Hall–Kier alpha value is -0.590. The quantitative estimate of drug-likeness (QED) is 0.669. The second kappa shape index (κ2) is 7.65. The zero-order valence-electron chi connectivity index (χ0n) is 9.04. The van der Waals surface area contributed by atoms with E-state index in [0.29, 0.717) is 12.3 Å². The number of aromatic amines is 1. The highest BCUT2D eigenvalue weighted by Gasteiger charge is 2.13. The van der Waals surface area contributed by atoms with Crippen LogP contribution < -0.4 is 0 Å². The van der Waals surface area contributed by atoms with Gasteiger partial charge in [-0.2, -0.15) is 0 Å². The molecule has 0 aromatic carbocycles. The van der Waals surface area contributed by atoms with Crippen molar-refractivity contribution in [2.45, 2.75) is 20.8 Å². The number of hydrogen-bond donors (Lipinski definition) is 1. The number of aromatic nitrogens is 2. The second-order valence-electron chi connectivity index (χ2n) is 2.70. The third kappa shape index (κ3) is 6.09. The Morgan fingerprint density at radius 3 is 2.31 bits per heavy atom. The van der Waals surface area contributed by atoms with Crippen molar-refractivity contribution >= 4 is 36.6 Å². The molecule has 1 N–H and O–H groups in total. The molecule has 0 spiro atoms. The zero-order chi connectivity index (χ0) is 12.7. The first-order valence-electron chi connectivity index (χ1n) is 4.33. The van der Waals surface area contributed by atoms with E-state index in [4.69, 9.17) is 8.95 Å². The number of carbonyl (C=O) groups is 1. The number of hydrogen-bond acceptors (Lipinski definition) is 4. The van der Waals surface area contributed by atoms with Crippen molar-refractivity contribution in [2.24, 2.45) is 0 Å². The molecule has 0 saturated heterocycles. The van der Waals surface area contributed by atoms with Gasteiger partial charge in [0.25, 0.3) is 0 Å². The molecule has 1 rings (SSSR count). The smallest absolute Gasteiger partial charge is 0.358 e. The Labute approximate surface area is 105 Å². The maximum Gasteiger partial charge on any atom is 0.358 e. The van der Waals surface area contributed by atoms with Crippen LogP contribution in [-0.2, 0) is 14.0 Å². The van der Waals surface area contributed by atoms with Gasteiger partial charge in [0.15, 0.2) is 5.69 Å². The molecule has 0 bridgehead atoms. The van der Waals surface area contributed by atoms with E-state index in [1.54, 1.807) is 20.8 Å². The summed E-state index contributed by atoms with van der Waals surface area (Å²) in [7, 11) is 7.36. The molecule has 0 atom stereocenters. The first kappa shape index (κ1) is 15.4. The van der Waals surface area contributed by atoms with Gasteiger partial charge < -0.3 is 9.72 Å². The number of nitrogens with zero attached hydrogens (tertiary/aromatic N) is 1. The predicted molar refractivity (Wildman–Crippen MR) is 63.9 cm³/mol. The molecule has 0 aliphatic carbocycles. The topological polar surface area (TPSA) is 72.0 Å². The van der Waals surface area contributed by atoms with Gasteiger partial charge in [-0.15, -0.1) is 0 Å². The molecule has 8 heteroatoms. The lowest BCUT2D eigenvalue weighted by Gasteiger charge is -1.97. The molecule has 0 fully saturated rings. The summed E-state index contributed by atoms with van der Waals surface area (Å²) in [5, 5.41) is 0. The standard InChI is InChI=1S/C8H12N2O2.Cl2OS/c1-4-12-8(11)7-5(2)9-6(3)10-7;1-4(2)3/h4H2,1-3H3,(H,9,10);. The lowest BCUT2D eigenvalue weighted by molar-refractivity contribution is 0.0519. The molecule has 0 radical (unpaired) electrons. The monoisotopic (exact) mass is 286 g/mol. The fourth-order valence-electron chi connectivity index (χ4n) is 1.01. The van der Waals surface area contributed by atoms with Gasteiger partial charge >= 0.3 is 5.97 Å². The van der Waals surface area contributed by atoms with Crippen molar-refractivity contribution in [3.8, 4) is 0 Å². The van der Waals surface area contributed by atoms with Crippen molar-refractivity contribution in [1.29, 1.82) is 0 Å². The molecular weight excluding hydrogens is 275 g/mol. The average Bonchev–Trinajstić information content (AvgIpc) is 2.44. The molecule has 0 amide bonds. The number of aryl methyl sites for hydroxylation is 2. The van der Waals surface area contributed by atoms with Crippen molar-refractivity contribution in [2.75, 3.05) is 6.61 Å². The summed E-state index contributed by atoms with van der Waals surface area (Å²) in [5.74, 6) is 0.370. The highest BCUT2D eigenvalue weighted by atomic mass is 36.0. The molecule has 1 heterocycles. The van der Waals surface area contributed by atoms with Crippen LogP contribution in [0.2, 0.25) is 0 Å². The van der Waals surface area contributed by atoms with E-state index in [0.717, 1.165) is 11.5 Å². The number of H-pyrrole nitrogens is 1. The first-order valence-corrected chi connectivity index (χ1v) is 7.13. The highest BCUT2D eigenvalue weighted by Crippen LogP contribution is 2.05. The van der Waals surface area contributed by atoms with Crippen LogP contribution in [0.25, 0.3) is 0 Å². The minimum absolute atomic E-state index is 0.362. The largest absolute Gasteiger partial charge is 0.461 e. The average molecular weight is 287 g/mol. The summed E-state index contributed by atoms with van der Waals surface area (Å²) >= 11 is 0. The fourth-order valence-corrected chi connectivity index (χ4v) is 1.01. The molecular formula is C8H12Cl2N2O3S. The highest BCUT2D eigenvalue weighted by molar-refractivity contribution is 8.26. The Morgan fingerprint density at radius 2 is 2.00 bits per heavy atom. The number of carbonyl (C=O) groups excluding carboxylic acids is 1. The van der Waals surface area contributed by atoms with Gasteiger partial charge in [-0.25, -0.2) is 14.0 Å². The number of halogens is 2. The van der Waals surface area contributed by atoms with Gasteiger partial charge in [0.05, 0.1) is 6.61 Å². The zero-order valence-corrected chi connectivity index (χ0v) is 11.4. The predicted octanol–water partition coefficient (Wildman–Crippen LogP) is 2.25. The van der Waals surface area contributed by atoms with E-state index in [1.807, 2.05) is 0 Å². The number of rotatable bonds is 2. The van der Waals surface area contributed by atoms with E-state index < -0.39 is 9.23 Å². The Balaban J connectivity index is 0.000000487.